The summed E-state index contributed by atoms with van der Waals surface area (Å²) in [5.74, 6) is 1.85. The largest absolute Gasteiger partial charge is 0.383 e. The minimum absolute atomic E-state index is 0.146. The van der Waals surface area contributed by atoms with Crippen molar-refractivity contribution in [3.63, 3.8) is 0 Å². The van der Waals surface area contributed by atoms with E-state index in [0.717, 1.165) is 39.9 Å². The second kappa shape index (κ2) is 7.80. The summed E-state index contributed by atoms with van der Waals surface area (Å²) < 4.78 is 7.11. The van der Waals surface area contributed by atoms with Crippen LogP contribution in [0.4, 0.5) is 0 Å². The van der Waals surface area contributed by atoms with Crippen molar-refractivity contribution in [2.75, 3.05) is 19.5 Å². The Morgan fingerprint density at radius 3 is 2.88 bits per heavy atom. The van der Waals surface area contributed by atoms with Crippen LogP contribution in [0.15, 0.2) is 9.95 Å². The molecule has 2 aromatic heterocycles. The number of thioether (sulfide) groups is 1. The number of hydrogen-bond acceptors (Lipinski definition) is 5. The van der Waals surface area contributed by atoms with Crippen LogP contribution in [0.25, 0.3) is 10.2 Å². The first kappa shape index (κ1) is 17.6. The third kappa shape index (κ3) is 3.53. The SMILES string of the molecule is COCCn1c(SCC2CCCCC2)nc2sc3c(c2c1=O)CCC3. The van der Waals surface area contributed by atoms with Crippen molar-refractivity contribution in [2.45, 2.75) is 63.1 Å². The van der Waals surface area contributed by atoms with E-state index in [1.165, 1.54) is 49.0 Å². The highest BCUT2D eigenvalue weighted by Gasteiger charge is 2.24. The Morgan fingerprint density at radius 2 is 2.08 bits per heavy atom. The van der Waals surface area contributed by atoms with Gasteiger partial charge in [0.15, 0.2) is 5.16 Å². The van der Waals surface area contributed by atoms with Gasteiger partial charge in [-0.3, -0.25) is 9.36 Å². The van der Waals surface area contributed by atoms with Crippen LogP contribution in [0, 0.1) is 5.92 Å². The van der Waals surface area contributed by atoms with Crippen molar-refractivity contribution in [3.8, 4) is 0 Å². The van der Waals surface area contributed by atoms with Crippen LogP contribution in [-0.4, -0.2) is 29.0 Å². The van der Waals surface area contributed by atoms with Crippen molar-refractivity contribution in [2.24, 2.45) is 5.92 Å². The number of hydrogen-bond donors (Lipinski definition) is 0. The average molecular weight is 379 g/mol. The lowest BCUT2D eigenvalue weighted by atomic mass is 9.91. The second-order valence-electron chi connectivity index (χ2n) is 7.20. The summed E-state index contributed by atoms with van der Waals surface area (Å²) >= 11 is 3.52. The van der Waals surface area contributed by atoms with E-state index in [0.29, 0.717) is 13.2 Å². The molecule has 0 aromatic carbocycles. The maximum atomic E-state index is 13.2. The van der Waals surface area contributed by atoms with E-state index < -0.39 is 0 Å². The van der Waals surface area contributed by atoms with Crippen molar-refractivity contribution in [1.82, 2.24) is 9.55 Å². The maximum absolute atomic E-state index is 13.2. The summed E-state index contributed by atoms with van der Waals surface area (Å²) in [5, 5.41) is 1.77. The molecular weight excluding hydrogens is 352 g/mol. The Hall–Kier alpha value is -0.850. The first-order chi connectivity index (χ1) is 12.3. The van der Waals surface area contributed by atoms with Gasteiger partial charge in [0.2, 0.25) is 0 Å². The Morgan fingerprint density at radius 1 is 1.24 bits per heavy atom. The van der Waals surface area contributed by atoms with Gasteiger partial charge in [-0.25, -0.2) is 4.98 Å². The minimum atomic E-state index is 0.146. The van der Waals surface area contributed by atoms with Gasteiger partial charge in [-0.1, -0.05) is 31.0 Å². The molecule has 2 heterocycles. The van der Waals surface area contributed by atoms with Gasteiger partial charge in [-0.15, -0.1) is 11.3 Å². The molecular formula is C19H26N2O2S2. The fraction of sp³-hybridized carbons (Fsp3) is 0.684. The predicted molar refractivity (Wildman–Crippen MR) is 105 cm³/mol. The van der Waals surface area contributed by atoms with Crippen LogP contribution < -0.4 is 5.56 Å². The van der Waals surface area contributed by atoms with Crippen LogP contribution in [-0.2, 0) is 24.1 Å². The molecule has 0 unspecified atom stereocenters. The quantitative estimate of drug-likeness (QED) is 0.556. The highest BCUT2D eigenvalue weighted by Crippen LogP contribution is 2.36. The first-order valence-electron chi connectivity index (χ1n) is 9.44. The molecule has 4 nitrogen and oxygen atoms in total. The molecule has 4 rings (SSSR count). The first-order valence-corrected chi connectivity index (χ1v) is 11.2. The Labute approximate surface area is 157 Å². The van der Waals surface area contributed by atoms with Gasteiger partial charge >= 0.3 is 0 Å². The van der Waals surface area contributed by atoms with Crippen LogP contribution >= 0.6 is 23.1 Å². The number of aryl methyl sites for hydroxylation is 2. The topological polar surface area (TPSA) is 44.1 Å². The number of rotatable bonds is 6. The second-order valence-corrected chi connectivity index (χ2v) is 9.27. The molecule has 1 fully saturated rings. The summed E-state index contributed by atoms with van der Waals surface area (Å²) in [6, 6.07) is 0. The van der Waals surface area contributed by atoms with Crippen LogP contribution in [0.2, 0.25) is 0 Å². The van der Waals surface area contributed by atoms with Crippen LogP contribution in [0.5, 0.6) is 0 Å². The molecule has 0 bridgehead atoms. The Bertz CT molecular complexity index is 806. The lowest BCUT2D eigenvalue weighted by molar-refractivity contribution is 0.183. The van der Waals surface area contributed by atoms with E-state index in [1.54, 1.807) is 30.2 Å². The fourth-order valence-electron chi connectivity index (χ4n) is 4.09. The Kier molecular flexibility index (Phi) is 5.48. The summed E-state index contributed by atoms with van der Waals surface area (Å²) in [6.07, 6.45) is 10.0. The normalized spacial score (nSPS) is 18.1. The van der Waals surface area contributed by atoms with Crippen LogP contribution in [0.1, 0.15) is 49.0 Å². The van der Waals surface area contributed by atoms with Gasteiger partial charge in [0.25, 0.3) is 5.56 Å². The fourth-order valence-corrected chi connectivity index (χ4v) is 6.61. The van der Waals surface area contributed by atoms with E-state index in [4.69, 9.17) is 9.72 Å². The number of thiophene rings is 1. The van der Waals surface area contributed by atoms with Crippen molar-refractivity contribution in [1.29, 1.82) is 0 Å². The monoisotopic (exact) mass is 378 g/mol. The molecule has 1 saturated carbocycles. The third-order valence-corrected chi connectivity index (χ3v) is 7.88. The molecule has 0 atom stereocenters. The van der Waals surface area contributed by atoms with E-state index in [2.05, 4.69) is 0 Å². The zero-order valence-electron chi connectivity index (χ0n) is 14.9. The molecule has 0 aliphatic heterocycles. The van der Waals surface area contributed by atoms with Crippen molar-refractivity contribution in [3.05, 3.63) is 20.8 Å². The number of aromatic nitrogens is 2. The minimum Gasteiger partial charge on any atom is -0.383 e. The summed E-state index contributed by atoms with van der Waals surface area (Å²) in [6.45, 7) is 1.15. The average Bonchev–Trinajstić information content (AvgIpc) is 3.21. The lowest BCUT2D eigenvalue weighted by Gasteiger charge is -2.21. The van der Waals surface area contributed by atoms with E-state index >= 15 is 0 Å². The van der Waals surface area contributed by atoms with Gasteiger partial charge in [0, 0.05) is 17.7 Å². The van der Waals surface area contributed by atoms with E-state index in [9.17, 15) is 4.79 Å². The summed E-state index contributed by atoms with van der Waals surface area (Å²) in [5.41, 5.74) is 1.42. The maximum Gasteiger partial charge on any atom is 0.263 e. The van der Waals surface area contributed by atoms with Crippen molar-refractivity contribution >= 4 is 33.3 Å². The molecule has 0 radical (unpaired) electrons. The molecule has 0 spiro atoms. The van der Waals surface area contributed by atoms with Gasteiger partial charge in [0.05, 0.1) is 18.5 Å². The predicted octanol–water partition coefficient (Wildman–Crippen LogP) is 4.27. The Balaban J connectivity index is 1.67. The molecule has 0 amide bonds. The zero-order valence-corrected chi connectivity index (χ0v) is 16.5. The number of fused-ring (bicyclic) bond motifs is 3. The van der Waals surface area contributed by atoms with Crippen molar-refractivity contribution < 1.29 is 4.74 Å². The molecule has 2 aliphatic rings. The molecule has 0 saturated heterocycles. The zero-order chi connectivity index (χ0) is 17.2. The molecule has 6 heteroatoms. The molecule has 0 N–H and O–H groups in total. The summed E-state index contributed by atoms with van der Waals surface area (Å²) in [7, 11) is 1.69. The van der Waals surface area contributed by atoms with Crippen LogP contribution in [0.3, 0.4) is 0 Å². The van der Waals surface area contributed by atoms with Gasteiger partial charge < -0.3 is 4.74 Å². The molecule has 2 aromatic rings. The van der Waals surface area contributed by atoms with Gasteiger partial charge in [-0.05, 0) is 43.6 Å². The van der Waals surface area contributed by atoms with Gasteiger partial charge in [0.1, 0.15) is 4.83 Å². The standard InChI is InChI=1S/C19H26N2O2S2/c1-23-11-10-21-18(22)16-14-8-5-9-15(14)25-17(16)20-19(21)24-12-13-6-3-2-4-7-13/h13H,2-12H2,1H3. The molecule has 136 valence electrons. The number of methoxy groups -OCH3 is 1. The lowest BCUT2D eigenvalue weighted by Crippen LogP contribution is -2.25. The van der Waals surface area contributed by atoms with E-state index in [-0.39, 0.29) is 5.56 Å². The smallest absolute Gasteiger partial charge is 0.263 e. The highest BCUT2D eigenvalue weighted by atomic mass is 32.2. The highest BCUT2D eigenvalue weighted by molar-refractivity contribution is 7.99. The molecule has 2 aliphatic carbocycles. The molecule has 25 heavy (non-hydrogen) atoms. The third-order valence-electron chi connectivity index (χ3n) is 5.48. The number of ether oxygens (including phenoxy) is 1. The van der Waals surface area contributed by atoms with E-state index in [1.807, 2.05) is 4.57 Å². The van der Waals surface area contributed by atoms with Gasteiger partial charge in [-0.2, -0.15) is 0 Å². The number of nitrogens with zero attached hydrogens (tertiary/aromatic N) is 2. The summed E-state index contributed by atoms with van der Waals surface area (Å²) in [4.78, 5) is 20.4.